The lowest BCUT2D eigenvalue weighted by Gasteiger charge is -2.12. The molecule has 7 heteroatoms. The molecule has 1 aliphatic heterocycles. The van der Waals surface area contributed by atoms with Crippen LogP contribution < -0.4 is 0 Å². The molecular formula is C9H11BO6. The topological polar surface area (TPSA) is 78.9 Å². The average molecular weight is 226 g/mol. The highest BCUT2D eigenvalue weighted by molar-refractivity contribution is 6.55. The molecule has 0 aromatic rings. The van der Waals surface area contributed by atoms with Gasteiger partial charge in [-0.2, -0.15) is 0 Å². The minimum atomic E-state index is -1.40. The van der Waals surface area contributed by atoms with Crippen molar-refractivity contribution in [2.24, 2.45) is 5.41 Å². The van der Waals surface area contributed by atoms with Gasteiger partial charge in [-0.3, -0.25) is 4.79 Å². The number of carbonyl (C=O) groups excluding carboxylic acids is 3. The van der Waals surface area contributed by atoms with E-state index in [1.54, 1.807) is 20.8 Å². The van der Waals surface area contributed by atoms with Gasteiger partial charge >= 0.3 is 19.3 Å². The van der Waals surface area contributed by atoms with Crippen LogP contribution in [0.25, 0.3) is 0 Å². The Morgan fingerprint density at radius 2 is 1.75 bits per heavy atom. The van der Waals surface area contributed by atoms with Gasteiger partial charge in [0.05, 0.1) is 6.26 Å². The lowest BCUT2D eigenvalue weighted by Crippen LogP contribution is -2.19. The molecule has 0 atom stereocenters. The number of hydrogen-bond donors (Lipinski definition) is 0. The Labute approximate surface area is 92.7 Å². The molecule has 0 saturated carbocycles. The molecule has 6 nitrogen and oxygen atoms in total. The first-order valence-corrected chi connectivity index (χ1v) is 4.59. The van der Waals surface area contributed by atoms with Crippen molar-refractivity contribution in [1.29, 1.82) is 0 Å². The predicted molar refractivity (Wildman–Crippen MR) is 52.6 cm³/mol. The molecule has 0 unspecified atom stereocenters. The Kier molecular flexibility index (Phi) is 3.36. The third-order valence-corrected chi connectivity index (χ3v) is 1.72. The molecule has 0 amide bonds. The van der Waals surface area contributed by atoms with E-state index in [9.17, 15) is 14.4 Å². The monoisotopic (exact) mass is 226 g/mol. The van der Waals surface area contributed by atoms with Crippen LogP contribution in [0, 0.1) is 5.41 Å². The van der Waals surface area contributed by atoms with Gasteiger partial charge in [0, 0.05) is 11.5 Å². The van der Waals surface area contributed by atoms with E-state index in [1.807, 2.05) is 0 Å². The van der Waals surface area contributed by atoms with E-state index in [1.165, 1.54) is 6.08 Å². The molecule has 0 radical (unpaired) electrons. The van der Waals surface area contributed by atoms with Crippen LogP contribution in [-0.2, 0) is 28.3 Å². The molecule has 86 valence electrons. The van der Waals surface area contributed by atoms with Crippen molar-refractivity contribution in [3.63, 3.8) is 0 Å². The van der Waals surface area contributed by atoms with Crippen molar-refractivity contribution >= 4 is 25.0 Å². The normalized spacial score (nSPS) is 16.3. The third-order valence-electron chi connectivity index (χ3n) is 1.72. The summed E-state index contributed by atoms with van der Waals surface area (Å²) in [5.41, 5.74) is -0.525. The summed E-state index contributed by atoms with van der Waals surface area (Å²) in [5, 5.41) is 0. The van der Waals surface area contributed by atoms with E-state index in [-0.39, 0.29) is 5.78 Å². The van der Waals surface area contributed by atoms with Crippen molar-refractivity contribution in [2.45, 2.75) is 20.8 Å². The first-order chi connectivity index (χ1) is 7.30. The fourth-order valence-electron chi connectivity index (χ4n) is 0.766. The summed E-state index contributed by atoms with van der Waals surface area (Å²) in [6.07, 6.45) is 2.21. The molecule has 1 fully saturated rings. The van der Waals surface area contributed by atoms with E-state index < -0.39 is 24.7 Å². The van der Waals surface area contributed by atoms with Crippen LogP contribution in [-0.4, -0.2) is 25.0 Å². The zero-order chi connectivity index (χ0) is 12.3. The fourth-order valence-corrected chi connectivity index (χ4v) is 0.766. The van der Waals surface area contributed by atoms with Gasteiger partial charge in [0.25, 0.3) is 0 Å². The van der Waals surface area contributed by atoms with Gasteiger partial charge in [-0.25, -0.2) is 9.59 Å². The predicted octanol–water partition coefficient (Wildman–Crippen LogP) is 0.217. The van der Waals surface area contributed by atoms with Crippen LogP contribution in [0.2, 0.25) is 0 Å². The first kappa shape index (κ1) is 12.3. The fraction of sp³-hybridized carbons (Fsp3) is 0.444. The Hall–Kier alpha value is -1.79. The molecule has 1 heterocycles. The van der Waals surface area contributed by atoms with Gasteiger partial charge < -0.3 is 14.0 Å². The van der Waals surface area contributed by atoms with Gasteiger partial charge in [0.1, 0.15) is 0 Å². The van der Waals surface area contributed by atoms with Crippen LogP contribution >= 0.6 is 0 Å². The van der Waals surface area contributed by atoms with Gasteiger partial charge in [-0.05, 0) is 0 Å². The highest BCUT2D eigenvalue weighted by atomic mass is 16.8. The van der Waals surface area contributed by atoms with E-state index in [2.05, 4.69) is 9.31 Å². The zero-order valence-corrected chi connectivity index (χ0v) is 9.18. The third kappa shape index (κ3) is 3.11. The van der Waals surface area contributed by atoms with Crippen LogP contribution in [0.15, 0.2) is 12.3 Å². The standard InChI is InChI=1S/C9H11BO6/c1-9(2,3)6(11)4-5-14-10-15-7(12)8(13)16-10/h4-5H,1-3H3/b5-4-. The lowest BCUT2D eigenvalue weighted by molar-refractivity contribution is -0.150. The summed E-state index contributed by atoms with van der Waals surface area (Å²) >= 11 is 0. The van der Waals surface area contributed by atoms with Crippen molar-refractivity contribution in [3.05, 3.63) is 12.3 Å². The van der Waals surface area contributed by atoms with Crippen molar-refractivity contribution in [2.75, 3.05) is 0 Å². The summed E-state index contributed by atoms with van der Waals surface area (Å²) in [6, 6.07) is 0. The van der Waals surface area contributed by atoms with E-state index >= 15 is 0 Å². The molecule has 0 N–H and O–H groups in total. The van der Waals surface area contributed by atoms with Crippen LogP contribution in [0.3, 0.4) is 0 Å². The molecule has 0 aromatic heterocycles. The zero-order valence-electron chi connectivity index (χ0n) is 9.18. The quantitative estimate of drug-likeness (QED) is 0.296. The largest absolute Gasteiger partial charge is 0.868 e. The Morgan fingerprint density at radius 1 is 1.25 bits per heavy atom. The van der Waals surface area contributed by atoms with Gasteiger partial charge in [-0.1, -0.05) is 20.8 Å². The number of rotatable bonds is 3. The molecular weight excluding hydrogens is 215 g/mol. The molecule has 0 aromatic carbocycles. The minimum Gasteiger partial charge on any atom is -0.496 e. The lowest BCUT2D eigenvalue weighted by atomic mass is 9.91. The maximum atomic E-state index is 11.4. The molecule has 1 aliphatic rings. The second kappa shape index (κ2) is 4.38. The van der Waals surface area contributed by atoms with Crippen LogP contribution in [0.4, 0.5) is 0 Å². The van der Waals surface area contributed by atoms with Crippen molar-refractivity contribution < 1.29 is 28.3 Å². The van der Waals surface area contributed by atoms with Crippen LogP contribution in [0.1, 0.15) is 20.8 Å². The van der Waals surface area contributed by atoms with Crippen LogP contribution in [0.5, 0.6) is 0 Å². The maximum absolute atomic E-state index is 11.4. The highest BCUT2D eigenvalue weighted by Gasteiger charge is 2.45. The van der Waals surface area contributed by atoms with E-state index in [4.69, 9.17) is 4.65 Å². The van der Waals surface area contributed by atoms with Gasteiger partial charge in [0.2, 0.25) is 0 Å². The number of carbonyl (C=O) groups is 3. The van der Waals surface area contributed by atoms with E-state index in [0.717, 1.165) is 6.26 Å². The summed E-state index contributed by atoms with van der Waals surface area (Å²) in [7, 11) is -1.40. The number of hydrogen-bond acceptors (Lipinski definition) is 6. The SMILES string of the molecule is CC(C)(C)C(=O)/C=C\OB1OC(=O)C(=O)O1. The second-order valence-corrected chi connectivity index (χ2v) is 4.15. The second-order valence-electron chi connectivity index (χ2n) is 4.15. The summed E-state index contributed by atoms with van der Waals surface area (Å²) in [4.78, 5) is 32.5. The molecule has 0 aliphatic carbocycles. The Balaban J connectivity index is 2.42. The smallest absolute Gasteiger partial charge is 0.496 e. The van der Waals surface area contributed by atoms with Crippen molar-refractivity contribution in [1.82, 2.24) is 0 Å². The molecule has 16 heavy (non-hydrogen) atoms. The molecule has 0 spiro atoms. The molecule has 1 saturated heterocycles. The number of allylic oxidation sites excluding steroid dienone is 1. The molecule has 1 rings (SSSR count). The summed E-state index contributed by atoms with van der Waals surface area (Å²) in [6.45, 7) is 5.24. The minimum absolute atomic E-state index is 0.164. The molecule has 0 bridgehead atoms. The summed E-state index contributed by atoms with van der Waals surface area (Å²) < 4.78 is 13.4. The highest BCUT2D eigenvalue weighted by Crippen LogP contribution is 2.15. The average Bonchev–Trinajstić information content (AvgIpc) is 2.44. The first-order valence-electron chi connectivity index (χ1n) is 4.59. The Bertz CT molecular complexity index is 338. The van der Waals surface area contributed by atoms with E-state index in [0.29, 0.717) is 0 Å². The Morgan fingerprint density at radius 3 is 2.19 bits per heavy atom. The van der Waals surface area contributed by atoms with Gasteiger partial charge in [-0.15, -0.1) is 0 Å². The maximum Gasteiger partial charge on any atom is 0.868 e. The summed E-state index contributed by atoms with van der Waals surface area (Å²) in [5.74, 6) is -2.38. The van der Waals surface area contributed by atoms with Crippen molar-refractivity contribution in [3.8, 4) is 0 Å². The van der Waals surface area contributed by atoms with Gasteiger partial charge in [0.15, 0.2) is 5.78 Å². The number of ketones is 1.